The minimum absolute atomic E-state index is 0.160. The van der Waals surface area contributed by atoms with E-state index in [1.165, 1.54) is 18.2 Å². The largest absolute Gasteiger partial charge is 0.345 e. The Hall–Kier alpha value is -3.68. The van der Waals surface area contributed by atoms with Crippen LogP contribution in [0.25, 0.3) is 0 Å². The van der Waals surface area contributed by atoms with E-state index in [0.29, 0.717) is 21.8 Å². The molecule has 0 heterocycles. The van der Waals surface area contributed by atoms with E-state index in [4.69, 9.17) is 23.2 Å². The number of rotatable bonds is 8. The van der Waals surface area contributed by atoms with Crippen molar-refractivity contribution in [3.8, 4) is 0 Å². The van der Waals surface area contributed by atoms with Crippen LogP contribution in [0.1, 0.15) is 26.3 Å². The topological polar surface area (TPSA) is 104 Å². The molecule has 0 aliphatic heterocycles. The third-order valence-corrected chi connectivity index (χ3v) is 5.02. The highest BCUT2D eigenvalue weighted by atomic mass is 35.5. The van der Waals surface area contributed by atoms with E-state index in [-0.39, 0.29) is 29.5 Å². The molecule has 0 fully saturated rings. The van der Waals surface area contributed by atoms with Crippen molar-refractivity contribution in [1.82, 2.24) is 10.6 Å². The molecule has 0 saturated heterocycles. The standard InChI is InChI=1S/C24H19Cl2N3O4/c25-17-9-10-19(20(26)12-17)24(33)28-13-21(30)27-14-22(31)29-18-8-4-7-16(11-18)23(32)15-5-2-1-3-6-15/h1-12H,13-14H2,(H,27,30)(H,28,33)(H,29,31). The third-order valence-electron chi connectivity index (χ3n) is 4.48. The fourth-order valence-electron chi connectivity index (χ4n) is 2.87. The molecule has 9 heteroatoms. The Balaban J connectivity index is 1.47. The predicted octanol–water partition coefficient (Wildman–Crippen LogP) is 3.71. The maximum atomic E-state index is 12.5. The molecule has 168 valence electrons. The van der Waals surface area contributed by atoms with Gasteiger partial charge in [0.15, 0.2) is 5.78 Å². The van der Waals surface area contributed by atoms with E-state index in [1.807, 2.05) is 6.07 Å². The van der Waals surface area contributed by atoms with Gasteiger partial charge in [-0.2, -0.15) is 0 Å². The van der Waals surface area contributed by atoms with Gasteiger partial charge in [-0.05, 0) is 30.3 Å². The highest BCUT2D eigenvalue weighted by molar-refractivity contribution is 6.36. The lowest BCUT2D eigenvalue weighted by Crippen LogP contribution is -2.40. The molecule has 0 aliphatic carbocycles. The second kappa shape index (κ2) is 11.3. The first-order chi connectivity index (χ1) is 15.8. The van der Waals surface area contributed by atoms with E-state index in [9.17, 15) is 19.2 Å². The van der Waals surface area contributed by atoms with Crippen LogP contribution in [-0.2, 0) is 9.59 Å². The summed E-state index contributed by atoms with van der Waals surface area (Å²) < 4.78 is 0. The molecule has 0 radical (unpaired) electrons. The van der Waals surface area contributed by atoms with E-state index < -0.39 is 17.7 Å². The first kappa shape index (κ1) is 24.0. The normalized spacial score (nSPS) is 10.2. The number of carbonyl (C=O) groups excluding carboxylic acids is 4. The molecule has 0 atom stereocenters. The van der Waals surface area contributed by atoms with Crippen molar-refractivity contribution < 1.29 is 19.2 Å². The lowest BCUT2D eigenvalue weighted by Gasteiger charge is -2.09. The summed E-state index contributed by atoms with van der Waals surface area (Å²) in [5.74, 6) is -1.76. The maximum absolute atomic E-state index is 12.5. The van der Waals surface area contributed by atoms with Gasteiger partial charge in [-0.1, -0.05) is 65.7 Å². The van der Waals surface area contributed by atoms with E-state index in [0.717, 1.165) is 0 Å². The third kappa shape index (κ3) is 6.90. The summed E-state index contributed by atoms with van der Waals surface area (Å²) in [5.41, 5.74) is 1.56. The molecule has 3 aromatic carbocycles. The molecule has 0 aliphatic rings. The highest BCUT2D eigenvalue weighted by Gasteiger charge is 2.13. The molecule has 3 aromatic rings. The van der Waals surface area contributed by atoms with Gasteiger partial charge >= 0.3 is 0 Å². The zero-order valence-corrected chi connectivity index (χ0v) is 18.7. The van der Waals surface area contributed by atoms with E-state index in [1.54, 1.807) is 48.5 Å². The quantitative estimate of drug-likeness (QED) is 0.424. The van der Waals surface area contributed by atoms with Crippen molar-refractivity contribution in [3.05, 3.63) is 99.5 Å². The Morgan fingerprint density at radius 3 is 2.12 bits per heavy atom. The number of ketones is 1. The number of benzene rings is 3. The molecule has 3 N–H and O–H groups in total. The van der Waals surface area contributed by atoms with Gasteiger partial charge < -0.3 is 16.0 Å². The zero-order chi connectivity index (χ0) is 23.8. The first-order valence-corrected chi connectivity index (χ1v) is 10.6. The lowest BCUT2D eigenvalue weighted by molar-refractivity contribution is -0.123. The molecule has 7 nitrogen and oxygen atoms in total. The van der Waals surface area contributed by atoms with Gasteiger partial charge in [-0.25, -0.2) is 0 Å². The monoisotopic (exact) mass is 483 g/mol. The number of amides is 3. The molecule has 0 aromatic heterocycles. The van der Waals surface area contributed by atoms with Crippen LogP contribution in [0.2, 0.25) is 10.0 Å². The van der Waals surface area contributed by atoms with Crippen LogP contribution in [0.15, 0.2) is 72.8 Å². The van der Waals surface area contributed by atoms with Crippen molar-refractivity contribution in [2.24, 2.45) is 0 Å². The van der Waals surface area contributed by atoms with Crippen LogP contribution in [0, 0.1) is 0 Å². The predicted molar refractivity (Wildman–Crippen MR) is 127 cm³/mol. The molecule has 0 bridgehead atoms. The Morgan fingerprint density at radius 2 is 1.39 bits per heavy atom. The van der Waals surface area contributed by atoms with Crippen molar-refractivity contribution in [2.45, 2.75) is 0 Å². The van der Waals surface area contributed by atoms with Gasteiger partial charge in [0.05, 0.1) is 23.7 Å². The molecule has 0 spiro atoms. The molecule has 3 rings (SSSR count). The Bertz CT molecular complexity index is 1200. The number of halogens is 2. The number of anilines is 1. The second-order valence-electron chi connectivity index (χ2n) is 6.91. The van der Waals surface area contributed by atoms with Crippen molar-refractivity contribution in [3.63, 3.8) is 0 Å². The van der Waals surface area contributed by atoms with E-state index >= 15 is 0 Å². The van der Waals surface area contributed by atoms with Gasteiger partial charge in [-0.3, -0.25) is 19.2 Å². The van der Waals surface area contributed by atoms with Gasteiger partial charge in [0.25, 0.3) is 5.91 Å². The Labute approximate surface area is 200 Å². The SMILES string of the molecule is O=C(CNC(=O)c1ccc(Cl)cc1Cl)NCC(=O)Nc1cccc(C(=O)c2ccccc2)c1. The minimum Gasteiger partial charge on any atom is -0.345 e. The summed E-state index contributed by atoms with van der Waals surface area (Å²) in [7, 11) is 0. The van der Waals surface area contributed by atoms with Gasteiger partial charge in [-0.15, -0.1) is 0 Å². The van der Waals surface area contributed by atoms with Gasteiger partial charge in [0.1, 0.15) is 0 Å². The Kier molecular flexibility index (Phi) is 8.18. The van der Waals surface area contributed by atoms with Gasteiger partial charge in [0, 0.05) is 21.8 Å². The van der Waals surface area contributed by atoms with E-state index in [2.05, 4.69) is 16.0 Å². The number of hydrogen-bond acceptors (Lipinski definition) is 4. The number of hydrogen-bond donors (Lipinski definition) is 3. The zero-order valence-electron chi connectivity index (χ0n) is 17.2. The first-order valence-electron chi connectivity index (χ1n) is 9.83. The highest BCUT2D eigenvalue weighted by Crippen LogP contribution is 2.20. The average Bonchev–Trinajstić information content (AvgIpc) is 2.81. The molecule has 3 amide bonds. The lowest BCUT2D eigenvalue weighted by atomic mass is 10.0. The number of carbonyl (C=O) groups is 4. The summed E-state index contributed by atoms with van der Waals surface area (Å²) in [5, 5.41) is 8.00. The molecular formula is C24H19Cl2N3O4. The summed E-state index contributed by atoms with van der Waals surface area (Å²) in [4.78, 5) is 48.8. The number of nitrogens with one attached hydrogen (secondary N) is 3. The summed E-state index contributed by atoms with van der Waals surface area (Å²) >= 11 is 11.8. The Morgan fingerprint density at radius 1 is 0.697 bits per heavy atom. The fraction of sp³-hybridized carbons (Fsp3) is 0.0833. The molecule has 0 saturated carbocycles. The van der Waals surface area contributed by atoms with Crippen molar-refractivity contribution in [1.29, 1.82) is 0 Å². The minimum atomic E-state index is -0.559. The van der Waals surface area contributed by atoms with Gasteiger partial charge in [0.2, 0.25) is 11.8 Å². The van der Waals surface area contributed by atoms with Crippen molar-refractivity contribution >= 4 is 52.4 Å². The molecule has 0 unspecified atom stereocenters. The fourth-order valence-corrected chi connectivity index (χ4v) is 3.36. The maximum Gasteiger partial charge on any atom is 0.253 e. The summed E-state index contributed by atoms with van der Waals surface area (Å²) in [6.45, 7) is -0.653. The molecular weight excluding hydrogens is 465 g/mol. The molecule has 33 heavy (non-hydrogen) atoms. The van der Waals surface area contributed by atoms with Crippen LogP contribution in [0.5, 0.6) is 0 Å². The van der Waals surface area contributed by atoms with Crippen LogP contribution < -0.4 is 16.0 Å². The summed E-state index contributed by atoms with van der Waals surface area (Å²) in [6, 6.07) is 19.7. The summed E-state index contributed by atoms with van der Waals surface area (Å²) in [6.07, 6.45) is 0. The second-order valence-corrected chi connectivity index (χ2v) is 7.75. The van der Waals surface area contributed by atoms with Crippen LogP contribution >= 0.6 is 23.2 Å². The van der Waals surface area contributed by atoms with Crippen LogP contribution in [0.3, 0.4) is 0 Å². The van der Waals surface area contributed by atoms with Crippen molar-refractivity contribution in [2.75, 3.05) is 18.4 Å². The average molecular weight is 484 g/mol. The van der Waals surface area contributed by atoms with Crippen LogP contribution in [0.4, 0.5) is 5.69 Å². The van der Waals surface area contributed by atoms with Crippen LogP contribution in [-0.4, -0.2) is 36.6 Å². The smallest absolute Gasteiger partial charge is 0.253 e.